The number of aliphatic hydroxyl groups excluding tert-OH is 2. The molecule has 0 bridgehead atoms. The van der Waals surface area contributed by atoms with Crippen molar-refractivity contribution < 1.29 is 19.4 Å². The van der Waals surface area contributed by atoms with E-state index in [-0.39, 0.29) is 12.2 Å². The van der Waals surface area contributed by atoms with Gasteiger partial charge in [0.15, 0.2) is 0 Å². The number of rotatable bonds is 14. The highest BCUT2D eigenvalue weighted by atomic mass is 16.5. The fourth-order valence-electron chi connectivity index (χ4n) is 3.39. The Bertz CT molecular complexity index is 556. The zero-order chi connectivity index (χ0) is 21.2. The van der Waals surface area contributed by atoms with Gasteiger partial charge in [0.05, 0.1) is 51.2 Å². The zero-order valence-corrected chi connectivity index (χ0v) is 18.6. The summed E-state index contributed by atoms with van der Waals surface area (Å²) in [7, 11) is 5.97. The van der Waals surface area contributed by atoms with E-state index in [4.69, 9.17) is 4.74 Å². The Morgan fingerprint density at radius 1 is 1.14 bits per heavy atom. The Balaban J connectivity index is 2.70. The summed E-state index contributed by atoms with van der Waals surface area (Å²) in [5, 5.41) is 19.4. The van der Waals surface area contributed by atoms with Crippen molar-refractivity contribution in [3.63, 3.8) is 0 Å². The molecule has 0 radical (unpaired) electrons. The predicted molar refractivity (Wildman–Crippen MR) is 113 cm³/mol. The predicted octanol–water partition coefficient (Wildman–Crippen LogP) is 1.05. The number of methoxy groups -OCH3 is 1. The second-order valence-corrected chi connectivity index (χ2v) is 8.27. The Hall–Kier alpha value is -1.25. The molecule has 0 amide bonds. The summed E-state index contributed by atoms with van der Waals surface area (Å²) in [6.07, 6.45) is 2.90. The third kappa shape index (κ3) is 9.30. The van der Waals surface area contributed by atoms with E-state index in [9.17, 15) is 10.2 Å². The molecule has 3 atom stereocenters. The number of likely N-dealkylation sites (N-methyl/N-ethyl adjacent to an activating group) is 2. The highest BCUT2D eigenvalue weighted by Crippen LogP contribution is 2.21. The van der Waals surface area contributed by atoms with Gasteiger partial charge in [0.25, 0.3) is 0 Å². The fraction of sp³-hybridized carbons (Fsp3) is 0.762. The fourth-order valence-corrected chi connectivity index (χ4v) is 3.39. The van der Waals surface area contributed by atoms with Crippen molar-refractivity contribution in [2.24, 2.45) is 0 Å². The first-order valence-electron chi connectivity index (χ1n) is 10.3. The number of hydrogen-bond acceptors (Lipinski definition) is 6. The van der Waals surface area contributed by atoms with Gasteiger partial charge in [0.1, 0.15) is 12.3 Å². The van der Waals surface area contributed by atoms with Crippen LogP contribution in [0.2, 0.25) is 0 Å². The Kier molecular flexibility index (Phi) is 10.9. The molecule has 0 aliphatic carbocycles. The van der Waals surface area contributed by atoms with E-state index in [0.29, 0.717) is 13.1 Å². The van der Waals surface area contributed by atoms with Gasteiger partial charge in [0, 0.05) is 38.9 Å². The van der Waals surface area contributed by atoms with Gasteiger partial charge in [0.2, 0.25) is 0 Å². The molecule has 0 aliphatic rings. The minimum absolute atomic E-state index is 0.328. The minimum atomic E-state index is -0.359. The van der Waals surface area contributed by atoms with Crippen LogP contribution < -0.4 is 4.74 Å². The molecule has 1 aromatic heterocycles. The van der Waals surface area contributed by atoms with Crippen LogP contribution in [0.1, 0.15) is 26.3 Å². The van der Waals surface area contributed by atoms with E-state index < -0.39 is 0 Å². The molecule has 0 saturated carbocycles. The lowest BCUT2D eigenvalue weighted by atomic mass is 10.2. The van der Waals surface area contributed by atoms with Crippen LogP contribution in [-0.2, 0) is 6.54 Å². The highest BCUT2D eigenvalue weighted by Gasteiger charge is 2.23. The maximum Gasteiger partial charge on any atom is 0.145 e. The zero-order valence-electron chi connectivity index (χ0n) is 18.6. The first-order valence-corrected chi connectivity index (χ1v) is 10.3. The standard InChI is InChI=1S/C21H41N4O3/c1-7-25(5,17-20-8-9-22-14-21(20)28-6)13-12-24(16-19(3)27)11-10-23(4)15-18(2)26/h8-9,14,18-19,26-27H,7,10-13,15-17H2,1-6H3/q+1/t18-,19-,25?/m0/s1. The molecular weight excluding hydrogens is 356 g/mol. The number of nitrogens with zero attached hydrogens (tertiary/aromatic N) is 4. The van der Waals surface area contributed by atoms with Crippen LogP contribution >= 0.6 is 0 Å². The molecule has 0 fully saturated rings. The van der Waals surface area contributed by atoms with Crippen molar-refractivity contribution in [1.29, 1.82) is 0 Å². The van der Waals surface area contributed by atoms with Crippen molar-refractivity contribution in [2.75, 3.05) is 67.0 Å². The largest absolute Gasteiger partial charge is 0.495 e. The second kappa shape index (κ2) is 12.3. The van der Waals surface area contributed by atoms with E-state index in [0.717, 1.165) is 49.5 Å². The molecule has 7 heteroatoms. The Morgan fingerprint density at radius 2 is 1.82 bits per heavy atom. The summed E-state index contributed by atoms with van der Waals surface area (Å²) in [6.45, 7) is 12.7. The van der Waals surface area contributed by atoms with Crippen LogP contribution in [-0.4, -0.2) is 109 Å². The summed E-state index contributed by atoms with van der Waals surface area (Å²) < 4.78 is 6.36. The van der Waals surface area contributed by atoms with Gasteiger partial charge >= 0.3 is 0 Å². The van der Waals surface area contributed by atoms with Crippen LogP contribution in [0, 0.1) is 0 Å². The summed E-state index contributed by atoms with van der Waals surface area (Å²) in [6, 6.07) is 2.03. The number of aliphatic hydroxyl groups is 2. The summed E-state index contributed by atoms with van der Waals surface area (Å²) >= 11 is 0. The molecular formula is C21H41N4O3+. The molecule has 1 heterocycles. The SMILES string of the molecule is CC[N+](C)(CCN(CCN(C)C[C@H](C)O)C[C@H](C)O)Cc1ccncc1OC. The minimum Gasteiger partial charge on any atom is -0.495 e. The lowest BCUT2D eigenvalue weighted by molar-refractivity contribution is -0.920. The molecule has 7 nitrogen and oxygen atoms in total. The summed E-state index contributed by atoms with van der Waals surface area (Å²) in [4.78, 5) is 8.60. The number of ether oxygens (including phenoxy) is 1. The van der Waals surface area contributed by atoms with Gasteiger partial charge in [-0.25, -0.2) is 0 Å². The molecule has 1 unspecified atom stereocenters. The normalized spacial score (nSPS) is 16.2. The second-order valence-electron chi connectivity index (χ2n) is 8.27. The molecule has 0 spiro atoms. The molecule has 1 aromatic rings. The van der Waals surface area contributed by atoms with Crippen LogP contribution in [0.4, 0.5) is 0 Å². The third-order valence-corrected chi connectivity index (χ3v) is 5.26. The summed E-state index contributed by atoms with van der Waals surface area (Å²) in [5.41, 5.74) is 1.17. The average Bonchev–Trinajstić information content (AvgIpc) is 2.63. The Labute approximate surface area is 171 Å². The number of quaternary nitrogens is 1. The monoisotopic (exact) mass is 397 g/mol. The van der Waals surface area contributed by atoms with Crippen LogP contribution in [0.15, 0.2) is 18.5 Å². The number of hydrogen-bond donors (Lipinski definition) is 2. The van der Waals surface area contributed by atoms with Crippen molar-refractivity contribution >= 4 is 0 Å². The third-order valence-electron chi connectivity index (χ3n) is 5.26. The van der Waals surface area contributed by atoms with E-state index in [1.807, 2.05) is 33.2 Å². The van der Waals surface area contributed by atoms with Crippen LogP contribution in [0.5, 0.6) is 5.75 Å². The number of pyridine rings is 1. The van der Waals surface area contributed by atoms with Gasteiger partial charge in [-0.15, -0.1) is 0 Å². The van der Waals surface area contributed by atoms with Crippen molar-refractivity contribution in [2.45, 2.75) is 39.5 Å². The lowest BCUT2D eigenvalue weighted by Crippen LogP contribution is -2.49. The van der Waals surface area contributed by atoms with Gasteiger partial charge in [-0.3, -0.25) is 9.88 Å². The van der Waals surface area contributed by atoms with Gasteiger partial charge in [-0.2, -0.15) is 0 Å². The molecule has 0 aliphatic heterocycles. The van der Waals surface area contributed by atoms with E-state index in [1.165, 1.54) is 5.56 Å². The van der Waals surface area contributed by atoms with Crippen LogP contribution in [0.3, 0.4) is 0 Å². The van der Waals surface area contributed by atoms with Crippen molar-refractivity contribution in [3.05, 3.63) is 24.0 Å². The molecule has 0 saturated heterocycles. The molecule has 1 rings (SSSR count). The molecule has 0 aromatic carbocycles. The quantitative estimate of drug-likeness (QED) is 0.458. The molecule has 162 valence electrons. The van der Waals surface area contributed by atoms with E-state index in [2.05, 4.69) is 28.8 Å². The van der Waals surface area contributed by atoms with Crippen molar-refractivity contribution in [1.82, 2.24) is 14.8 Å². The van der Waals surface area contributed by atoms with Gasteiger partial charge in [-0.1, -0.05) is 0 Å². The van der Waals surface area contributed by atoms with Crippen molar-refractivity contribution in [3.8, 4) is 5.75 Å². The van der Waals surface area contributed by atoms with Crippen LogP contribution in [0.25, 0.3) is 0 Å². The topological polar surface area (TPSA) is 69.1 Å². The van der Waals surface area contributed by atoms with E-state index in [1.54, 1.807) is 13.3 Å². The maximum atomic E-state index is 9.90. The Morgan fingerprint density at radius 3 is 2.39 bits per heavy atom. The van der Waals surface area contributed by atoms with Gasteiger partial charge < -0.3 is 24.3 Å². The smallest absolute Gasteiger partial charge is 0.145 e. The number of aromatic nitrogens is 1. The maximum absolute atomic E-state index is 9.90. The van der Waals surface area contributed by atoms with E-state index >= 15 is 0 Å². The van der Waals surface area contributed by atoms with Gasteiger partial charge in [-0.05, 0) is 33.9 Å². The first-order chi connectivity index (χ1) is 13.2. The average molecular weight is 398 g/mol. The lowest BCUT2D eigenvalue weighted by Gasteiger charge is -2.36. The first kappa shape index (κ1) is 24.8. The molecule has 28 heavy (non-hydrogen) atoms. The molecule has 2 N–H and O–H groups in total. The highest BCUT2D eigenvalue weighted by molar-refractivity contribution is 5.28. The summed E-state index contributed by atoms with van der Waals surface area (Å²) in [5.74, 6) is 0.834.